The van der Waals surface area contributed by atoms with Gasteiger partial charge < -0.3 is 9.84 Å². The molecule has 0 aromatic heterocycles. The standard InChI is InChI=1S/C12H10O.C6H5ClO/c1-3-7-11(8-4-1)13-12-9-5-2-6-10-12;7-5-1-3-6(8)4-2-5/h1-10H;1-4,8H. The lowest BCUT2D eigenvalue weighted by Gasteiger charge is -2.03. The molecule has 2 nitrogen and oxygen atoms in total. The van der Waals surface area contributed by atoms with Crippen molar-refractivity contribution in [1.29, 1.82) is 0 Å². The average molecular weight is 299 g/mol. The summed E-state index contributed by atoms with van der Waals surface area (Å²) in [5.41, 5.74) is 0. The zero-order chi connectivity index (χ0) is 14.9. The molecule has 3 heteroatoms. The molecule has 0 radical (unpaired) electrons. The largest absolute Gasteiger partial charge is 0.508 e. The number of rotatable bonds is 2. The second-order valence-corrected chi connectivity index (χ2v) is 4.64. The van der Waals surface area contributed by atoms with Crippen LogP contribution in [-0.2, 0) is 0 Å². The molecule has 1 N–H and O–H groups in total. The molecule has 0 fully saturated rings. The number of phenols is 1. The van der Waals surface area contributed by atoms with Gasteiger partial charge in [0.1, 0.15) is 17.2 Å². The summed E-state index contributed by atoms with van der Waals surface area (Å²) in [6.45, 7) is 0. The first-order valence-electron chi connectivity index (χ1n) is 6.46. The number of ether oxygens (including phenoxy) is 1. The van der Waals surface area contributed by atoms with Crippen molar-refractivity contribution in [2.45, 2.75) is 0 Å². The highest BCUT2D eigenvalue weighted by Gasteiger charge is 1.92. The van der Waals surface area contributed by atoms with Crippen LogP contribution in [0.1, 0.15) is 0 Å². The van der Waals surface area contributed by atoms with E-state index in [1.165, 1.54) is 0 Å². The lowest BCUT2D eigenvalue weighted by Crippen LogP contribution is -1.81. The van der Waals surface area contributed by atoms with Crippen LogP contribution in [0.4, 0.5) is 0 Å². The third-order valence-electron chi connectivity index (χ3n) is 2.55. The molecule has 3 aromatic rings. The van der Waals surface area contributed by atoms with Crippen molar-refractivity contribution < 1.29 is 9.84 Å². The van der Waals surface area contributed by atoms with Gasteiger partial charge in [0.25, 0.3) is 0 Å². The lowest BCUT2D eigenvalue weighted by atomic mass is 10.3. The summed E-state index contributed by atoms with van der Waals surface area (Å²) in [5.74, 6) is 1.98. The van der Waals surface area contributed by atoms with E-state index in [0.717, 1.165) is 11.5 Å². The van der Waals surface area contributed by atoms with Crippen molar-refractivity contribution >= 4 is 11.6 Å². The third kappa shape index (κ3) is 5.59. The fourth-order valence-corrected chi connectivity index (χ4v) is 1.68. The molecule has 0 unspecified atom stereocenters. The maximum absolute atomic E-state index is 8.70. The van der Waals surface area contributed by atoms with Crippen molar-refractivity contribution in [3.8, 4) is 17.2 Å². The molecular formula is C18H15ClO2. The first-order chi connectivity index (χ1) is 10.2. The summed E-state index contributed by atoms with van der Waals surface area (Å²) < 4.78 is 5.58. The molecule has 0 amide bonds. The Hall–Kier alpha value is -2.45. The Bertz CT molecular complexity index is 579. The van der Waals surface area contributed by atoms with Crippen LogP contribution in [0, 0.1) is 0 Å². The van der Waals surface area contributed by atoms with Gasteiger partial charge in [-0.3, -0.25) is 0 Å². The van der Waals surface area contributed by atoms with Gasteiger partial charge in [-0.15, -0.1) is 0 Å². The van der Waals surface area contributed by atoms with Gasteiger partial charge >= 0.3 is 0 Å². The van der Waals surface area contributed by atoms with Gasteiger partial charge in [0.2, 0.25) is 0 Å². The van der Waals surface area contributed by atoms with E-state index in [2.05, 4.69) is 0 Å². The maximum Gasteiger partial charge on any atom is 0.127 e. The molecule has 0 atom stereocenters. The Morgan fingerprint density at radius 2 is 1.05 bits per heavy atom. The van der Waals surface area contributed by atoms with Crippen LogP contribution in [0.2, 0.25) is 5.02 Å². The van der Waals surface area contributed by atoms with Crippen molar-refractivity contribution in [3.05, 3.63) is 90.0 Å². The molecule has 0 bridgehead atoms. The van der Waals surface area contributed by atoms with Crippen molar-refractivity contribution in [2.75, 3.05) is 0 Å². The van der Waals surface area contributed by atoms with Gasteiger partial charge in [-0.1, -0.05) is 48.0 Å². The van der Waals surface area contributed by atoms with Gasteiger partial charge in [0.05, 0.1) is 0 Å². The van der Waals surface area contributed by atoms with E-state index in [9.17, 15) is 0 Å². The molecule has 0 saturated carbocycles. The van der Waals surface area contributed by atoms with E-state index in [-0.39, 0.29) is 5.75 Å². The molecule has 106 valence electrons. The molecule has 0 spiro atoms. The predicted octanol–water partition coefficient (Wildman–Crippen LogP) is 5.52. The number of hydrogen-bond acceptors (Lipinski definition) is 2. The number of benzene rings is 3. The number of aromatic hydroxyl groups is 1. The first kappa shape index (κ1) is 14.9. The van der Waals surface area contributed by atoms with Gasteiger partial charge in [-0.2, -0.15) is 0 Å². The van der Waals surface area contributed by atoms with Crippen molar-refractivity contribution in [3.63, 3.8) is 0 Å². The second kappa shape index (κ2) is 7.98. The SMILES string of the molecule is Oc1ccc(Cl)cc1.c1ccc(Oc2ccccc2)cc1. The van der Waals surface area contributed by atoms with Crippen LogP contribution >= 0.6 is 11.6 Å². The van der Waals surface area contributed by atoms with Crippen molar-refractivity contribution in [2.24, 2.45) is 0 Å². The number of para-hydroxylation sites is 2. The van der Waals surface area contributed by atoms with E-state index in [0.29, 0.717) is 5.02 Å². The van der Waals surface area contributed by atoms with Gasteiger partial charge in [0.15, 0.2) is 0 Å². The highest BCUT2D eigenvalue weighted by Crippen LogP contribution is 2.19. The minimum atomic E-state index is 0.245. The molecule has 3 rings (SSSR count). The zero-order valence-electron chi connectivity index (χ0n) is 11.3. The number of halogens is 1. The maximum atomic E-state index is 8.70. The highest BCUT2D eigenvalue weighted by atomic mass is 35.5. The van der Waals surface area contributed by atoms with E-state index in [1.54, 1.807) is 24.3 Å². The summed E-state index contributed by atoms with van der Waals surface area (Å²) in [4.78, 5) is 0. The summed E-state index contributed by atoms with van der Waals surface area (Å²) in [6, 6.07) is 25.9. The number of phenolic OH excluding ortho intramolecular Hbond substituents is 1. The minimum Gasteiger partial charge on any atom is -0.508 e. The molecule has 3 aromatic carbocycles. The van der Waals surface area contributed by atoms with Gasteiger partial charge in [-0.05, 0) is 48.5 Å². The Balaban J connectivity index is 0.000000173. The lowest BCUT2D eigenvalue weighted by molar-refractivity contribution is 0.475. The molecule has 0 saturated heterocycles. The summed E-state index contributed by atoms with van der Waals surface area (Å²) in [5, 5.41) is 9.34. The highest BCUT2D eigenvalue weighted by molar-refractivity contribution is 6.30. The molecule has 0 heterocycles. The monoisotopic (exact) mass is 298 g/mol. The second-order valence-electron chi connectivity index (χ2n) is 4.20. The van der Waals surface area contributed by atoms with Crippen LogP contribution in [0.3, 0.4) is 0 Å². The molecule has 0 aliphatic heterocycles. The predicted molar refractivity (Wildman–Crippen MR) is 86.1 cm³/mol. The average Bonchev–Trinajstić information content (AvgIpc) is 2.53. The van der Waals surface area contributed by atoms with Crippen LogP contribution < -0.4 is 4.74 Å². The summed E-state index contributed by atoms with van der Waals surface area (Å²) in [6.07, 6.45) is 0. The third-order valence-corrected chi connectivity index (χ3v) is 2.80. The fourth-order valence-electron chi connectivity index (χ4n) is 1.55. The quantitative estimate of drug-likeness (QED) is 0.674. The number of hydrogen-bond donors (Lipinski definition) is 1. The van der Waals surface area contributed by atoms with Crippen LogP contribution in [-0.4, -0.2) is 5.11 Å². The Labute approximate surface area is 129 Å². The molecule has 21 heavy (non-hydrogen) atoms. The normalized spacial score (nSPS) is 9.38. The van der Waals surface area contributed by atoms with Crippen LogP contribution in [0.5, 0.6) is 17.2 Å². The minimum absolute atomic E-state index is 0.245. The Morgan fingerprint density at radius 1 is 0.619 bits per heavy atom. The van der Waals surface area contributed by atoms with E-state index in [4.69, 9.17) is 21.4 Å². The van der Waals surface area contributed by atoms with Gasteiger partial charge in [0, 0.05) is 5.02 Å². The fraction of sp³-hybridized carbons (Fsp3) is 0. The molecular weight excluding hydrogens is 284 g/mol. The topological polar surface area (TPSA) is 29.5 Å². The van der Waals surface area contributed by atoms with Crippen LogP contribution in [0.25, 0.3) is 0 Å². The Morgan fingerprint density at radius 3 is 1.43 bits per heavy atom. The zero-order valence-corrected chi connectivity index (χ0v) is 12.1. The molecule has 0 aliphatic carbocycles. The summed E-state index contributed by atoms with van der Waals surface area (Å²) >= 11 is 5.50. The Kier molecular flexibility index (Phi) is 5.68. The van der Waals surface area contributed by atoms with Gasteiger partial charge in [-0.25, -0.2) is 0 Å². The van der Waals surface area contributed by atoms with E-state index < -0.39 is 0 Å². The molecule has 0 aliphatic rings. The smallest absolute Gasteiger partial charge is 0.127 e. The van der Waals surface area contributed by atoms with Crippen molar-refractivity contribution in [1.82, 2.24) is 0 Å². The first-order valence-corrected chi connectivity index (χ1v) is 6.84. The van der Waals surface area contributed by atoms with E-state index in [1.807, 2.05) is 60.7 Å². The summed E-state index contributed by atoms with van der Waals surface area (Å²) in [7, 11) is 0. The van der Waals surface area contributed by atoms with Crippen LogP contribution in [0.15, 0.2) is 84.9 Å². The van der Waals surface area contributed by atoms with E-state index >= 15 is 0 Å².